The molecule has 0 radical (unpaired) electrons. The molecule has 1 atom stereocenters. The highest BCUT2D eigenvalue weighted by molar-refractivity contribution is 5.80. The van der Waals surface area contributed by atoms with Gasteiger partial charge in [0.25, 0.3) is 0 Å². The first kappa shape index (κ1) is 15.6. The normalized spacial score (nSPS) is 21.3. The zero-order valence-electron chi connectivity index (χ0n) is 11.7. The van der Waals surface area contributed by atoms with E-state index in [9.17, 15) is 26.9 Å². The van der Waals surface area contributed by atoms with Gasteiger partial charge in [-0.15, -0.1) is 8.96 Å². The van der Waals surface area contributed by atoms with Crippen molar-refractivity contribution in [2.24, 2.45) is 0 Å². The number of alkyl halides is 3. The molecule has 124 valence electrons. The van der Waals surface area contributed by atoms with Gasteiger partial charge in [-0.05, 0) is 6.92 Å². The van der Waals surface area contributed by atoms with Crippen LogP contribution in [0.2, 0.25) is 0 Å². The van der Waals surface area contributed by atoms with E-state index in [-0.39, 0.29) is 29.3 Å². The highest BCUT2D eigenvalue weighted by Gasteiger charge is 2.48. The fourth-order valence-electron chi connectivity index (χ4n) is 2.70. The van der Waals surface area contributed by atoms with E-state index in [2.05, 4.69) is 10.1 Å². The van der Waals surface area contributed by atoms with Crippen molar-refractivity contribution in [2.45, 2.75) is 25.1 Å². The van der Waals surface area contributed by atoms with Gasteiger partial charge in [-0.3, -0.25) is 4.79 Å². The lowest BCUT2D eigenvalue weighted by Gasteiger charge is -2.24. The van der Waals surface area contributed by atoms with Crippen molar-refractivity contribution in [2.75, 3.05) is 11.4 Å². The second-order valence-corrected chi connectivity index (χ2v) is 5.43. The highest BCUT2D eigenvalue weighted by atomic mass is 19.4. The quantitative estimate of drug-likeness (QED) is 0.490. The van der Waals surface area contributed by atoms with Gasteiger partial charge in [0, 0.05) is 11.4 Å². The number of nitrogens with zero attached hydrogens (tertiary/aromatic N) is 5. The maximum Gasteiger partial charge on any atom is 0.394 e. The molecule has 0 fully saturated rings. The monoisotopic (exact) mass is 335 g/mol. The Labute approximate surface area is 126 Å². The molecule has 0 aromatic carbocycles. The number of carbonyl (C=O) groups excluding carboxylic acids is 1. The summed E-state index contributed by atoms with van der Waals surface area (Å²) in [6, 6.07) is 1.08. The Morgan fingerprint density at radius 3 is 2.70 bits per heavy atom. The maximum absolute atomic E-state index is 13.4. The summed E-state index contributed by atoms with van der Waals surface area (Å²) in [6.45, 7) is 0.800. The summed E-state index contributed by atoms with van der Waals surface area (Å²) in [4.78, 5) is 16.0. The van der Waals surface area contributed by atoms with Crippen molar-refractivity contribution in [3.8, 4) is 0 Å². The van der Waals surface area contributed by atoms with Crippen molar-refractivity contribution in [3.63, 3.8) is 0 Å². The highest BCUT2D eigenvalue weighted by Crippen LogP contribution is 2.42. The van der Waals surface area contributed by atoms with Crippen LogP contribution in [0.25, 0.3) is 5.65 Å². The second-order valence-electron chi connectivity index (χ2n) is 5.43. The molecule has 2 aromatic heterocycles. The van der Waals surface area contributed by atoms with Gasteiger partial charge in [-0.1, -0.05) is 0 Å². The van der Waals surface area contributed by atoms with E-state index in [1.165, 1.54) is 13.1 Å². The van der Waals surface area contributed by atoms with Crippen LogP contribution in [-0.2, 0) is 16.8 Å². The van der Waals surface area contributed by atoms with Crippen LogP contribution >= 0.6 is 0 Å². The van der Waals surface area contributed by atoms with Gasteiger partial charge in [-0.2, -0.15) is 18.3 Å². The molecule has 1 aliphatic rings. The molecule has 0 saturated heterocycles. The van der Waals surface area contributed by atoms with Crippen LogP contribution in [0.15, 0.2) is 12.3 Å². The largest absolute Gasteiger partial charge is 0.394 e. The van der Waals surface area contributed by atoms with Crippen LogP contribution in [0, 0.1) is 0 Å². The number of anilines is 1. The molecule has 3 heterocycles. The topological polar surface area (TPSA) is 53.7 Å². The average Bonchev–Trinajstić information content (AvgIpc) is 2.95. The van der Waals surface area contributed by atoms with Gasteiger partial charge in [0.05, 0.1) is 36.2 Å². The summed E-state index contributed by atoms with van der Waals surface area (Å²) in [5.41, 5.74) is -2.25. The van der Waals surface area contributed by atoms with Crippen molar-refractivity contribution in [1.29, 1.82) is 0 Å². The van der Waals surface area contributed by atoms with Crippen molar-refractivity contribution < 1.29 is 26.9 Å². The average molecular weight is 335 g/mol. The molecule has 1 amide bonds. The van der Waals surface area contributed by atoms with E-state index in [0.717, 1.165) is 15.5 Å². The number of carbonyl (C=O) groups is 1. The van der Waals surface area contributed by atoms with Crippen molar-refractivity contribution in [1.82, 2.24) is 19.9 Å². The second kappa shape index (κ2) is 4.85. The van der Waals surface area contributed by atoms with Crippen molar-refractivity contribution in [3.05, 3.63) is 23.7 Å². The standard InChI is InChI=1S/C12H10F5N5O/c1-11(22(16)17)5-20(6-23)8-4-18-9-2-7(3-12(13,14)15)19-21(9)10(8)11/h2,4,6H,3,5H2,1H3/t11-/m0/s1. The molecule has 0 N–H and O–H groups in total. The Hall–Kier alpha value is -2.30. The van der Waals surface area contributed by atoms with E-state index >= 15 is 0 Å². The predicted molar refractivity (Wildman–Crippen MR) is 67.6 cm³/mol. The van der Waals surface area contributed by atoms with E-state index in [4.69, 9.17) is 0 Å². The zero-order chi connectivity index (χ0) is 17.0. The molecule has 3 rings (SSSR count). The first-order valence-electron chi connectivity index (χ1n) is 6.44. The van der Waals surface area contributed by atoms with Crippen LogP contribution in [-0.4, -0.2) is 39.1 Å². The minimum absolute atomic E-state index is 0.00354. The number of aromatic nitrogens is 3. The fraction of sp³-hybridized carbons (Fsp3) is 0.417. The number of amides is 1. The maximum atomic E-state index is 13.4. The first-order valence-corrected chi connectivity index (χ1v) is 6.44. The summed E-state index contributed by atoms with van der Waals surface area (Å²) >= 11 is 0. The van der Waals surface area contributed by atoms with Gasteiger partial charge >= 0.3 is 6.18 Å². The summed E-state index contributed by atoms with van der Waals surface area (Å²) in [7, 11) is 0. The predicted octanol–water partition coefficient (Wildman–Crippen LogP) is 2.10. The van der Waals surface area contributed by atoms with E-state index in [1.54, 1.807) is 0 Å². The van der Waals surface area contributed by atoms with Crippen LogP contribution in [0.1, 0.15) is 18.3 Å². The van der Waals surface area contributed by atoms with Crippen LogP contribution in [0.3, 0.4) is 0 Å². The third-order valence-corrected chi connectivity index (χ3v) is 3.69. The Bertz CT molecular complexity index is 773. The lowest BCUT2D eigenvalue weighted by molar-refractivity contribution is -0.227. The van der Waals surface area contributed by atoms with Gasteiger partial charge in [0.15, 0.2) is 5.65 Å². The lowest BCUT2D eigenvalue weighted by atomic mass is 10.0. The Kier molecular flexibility index (Phi) is 3.29. The molecule has 0 bridgehead atoms. The summed E-state index contributed by atoms with van der Waals surface area (Å²) in [6.07, 6.45) is -4.24. The lowest BCUT2D eigenvalue weighted by Crippen LogP contribution is -2.39. The smallest absolute Gasteiger partial charge is 0.309 e. The number of rotatable bonds is 3. The van der Waals surface area contributed by atoms with Crippen LogP contribution in [0.4, 0.5) is 27.8 Å². The van der Waals surface area contributed by atoms with Crippen LogP contribution in [0.5, 0.6) is 0 Å². The molecule has 0 aliphatic carbocycles. The Morgan fingerprint density at radius 1 is 1.43 bits per heavy atom. The third-order valence-electron chi connectivity index (χ3n) is 3.69. The molecule has 0 unspecified atom stereocenters. The number of fused-ring (bicyclic) bond motifs is 3. The SMILES string of the molecule is C[C@]1(N(F)F)CN(C=O)c2cnc3cc(CC(F)(F)F)nn3c21. The number of hydrogen-bond acceptors (Lipinski definition) is 4. The Balaban J connectivity index is 2.21. The van der Waals surface area contributed by atoms with E-state index < -0.39 is 23.5 Å². The molecule has 6 nitrogen and oxygen atoms in total. The van der Waals surface area contributed by atoms with Crippen LogP contribution < -0.4 is 4.90 Å². The molecule has 23 heavy (non-hydrogen) atoms. The third kappa shape index (κ3) is 2.40. The fourth-order valence-corrected chi connectivity index (χ4v) is 2.70. The molecule has 0 saturated carbocycles. The first-order chi connectivity index (χ1) is 10.7. The number of hydrogen-bond donors (Lipinski definition) is 0. The van der Waals surface area contributed by atoms with Gasteiger partial charge in [0.1, 0.15) is 5.54 Å². The molecule has 1 aliphatic heterocycles. The zero-order valence-corrected chi connectivity index (χ0v) is 11.7. The molecule has 0 spiro atoms. The molecule has 11 heteroatoms. The minimum Gasteiger partial charge on any atom is -0.309 e. The molecular formula is C12H10F5N5O. The summed E-state index contributed by atoms with van der Waals surface area (Å²) < 4.78 is 65.1. The van der Waals surface area contributed by atoms with Gasteiger partial charge in [-0.25, -0.2) is 9.50 Å². The summed E-state index contributed by atoms with van der Waals surface area (Å²) in [5, 5.41) is 2.66. The van der Waals surface area contributed by atoms with Gasteiger partial charge < -0.3 is 4.90 Å². The number of halogens is 5. The van der Waals surface area contributed by atoms with Crippen molar-refractivity contribution >= 4 is 17.7 Å². The molecular weight excluding hydrogens is 325 g/mol. The minimum atomic E-state index is -4.48. The Morgan fingerprint density at radius 2 is 2.13 bits per heavy atom. The molecule has 2 aromatic rings. The summed E-state index contributed by atoms with van der Waals surface area (Å²) in [5.74, 6) is 0. The van der Waals surface area contributed by atoms with E-state index in [1.807, 2.05) is 0 Å². The van der Waals surface area contributed by atoms with E-state index in [0.29, 0.717) is 6.41 Å². The van der Waals surface area contributed by atoms with Gasteiger partial charge in [0.2, 0.25) is 6.41 Å².